The number of aromatic nitrogens is 1. The average Bonchev–Trinajstić information content (AvgIpc) is 2.78. The van der Waals surface area contributed by atoms with E-state index in [-0.39, 0.29) is 0 Å². The van der Waals surface area contributed by atoms with Gasteiger partial charge in [-0.3, -0.25) is 4.98 Å². The molecule has 0 saturated heterocycles. The fraction of sp³-hybridized carbons (Fsp3) is 0.667. The molecule has 0 aliphatic heterocycles. The van der Waals surface area contributed by atoms with Gasteiger partial charge in [-0.25, -0.2) is 0 Å². The highest BCUT2D eigenvalue weighted by molar-refractivity contribution is 5.30. The van der Waals surface area contributed by atoms with E-state index in [4.69, 9.17) is 0 Å². The van der Waals surface area contributed by atoms with Crippen molar-refractivity contribution in [1.82, 2.24) is 15.2 Å². The Morgan fingerprint density at radius 2 is 2.33 bits per heavy atom. The molecule has 2 unspecified atom stereocenters. The summed E-state index contributed by atoms with van der Waals surface area (Å²) in [4.78, 5) is 6.89. The van der Waals surface area contributed by atoms with E-state index in [1.807, 2.05) is 6.20 Å². The molecule has 2 rings (SSSR count). The number of hydrogen-bond acceptors (Lipinski definition) is 3. The van der Waals surface area contributed by atoms with E-state index >= 15 is 0 Å². The Labute approximate surface area is 111 Å². The van der Waals surface area contributed by atoms with Crippen LogP contribution in [-0.2, 0) is 6.42 Å². The zero-order valence-electron chi connectivity index (χ0n) is 11.8. The molecular formula is C15H25N3. The van der Waals surface area contributed by atoms with Gasteiger partial charge in [-0.05, 0) is 51.5 Å². The fourth-order valence-corrected chi connectivity index (χ4v) is 2.89. The standard InChI is InChI=1S/C15H25N3/c1-4-9-16-14(11-18(2)3)13-8-7-12-6-5-10-17-15(12)13/h5-6,10,13-14,16H,4,7-9,11H2,1-3H3. The van der Waals surface area contributed by atoms with Crippen LogP contribution in [0.1, 0.15) is 36.9 Å². The predicted octanol–water partition coefficient (Wildman–Crippen LogP) is 2.04. The molecule has 1 aromatic heterocycles. The third kappa shape index (κ3) is 3.09. The van der Waals surface area contributed by atoms with Crippen LogP contribution in [0.2, 0.25) is 0 Å². The lowest BCUT2D eigenvalue weighted by Gasteiger charge is -2.27. The number of likely N-dealkylation sites (N-methyl/N-ethyl adjacent to an activating group) is 1. The lowest BCUT2D eigenvalue weighted by molar-refractivity contribution is 0.303. The number of fused-ring (bicyclic) bond motifs is 1. The molecule has 1 aromatic rings. The SMILES string of the molecule is CCCNC(CN(C)C)C1CCc2cccnc21. The van der Waals surface area contributed by atoms with Gasteiger partial charge in [0, 0.05) is 30.4 Å². The Hall–Kier alpha value is -0.930. The van der Waals surface area contributed by atoms with Gasteiger partial charge in [0.05, 0.1) is 0 Å². The molecule has 0 bridgehead atoms. The van der Waals surface area contributed by atoms with Crippen molar-refractivity contribution in [2.75, 3.05) is 27.2 Å². The summed E-state index contributed by atoms with van der Waals surface area (Å²) in [6.07, 6.45) is 5.54. The van der Waals surface area contributed by atoms with Gasteiger partial charge in [0.1, 0.15) is 0 Å². The quantitative estimate of drug-likeness (QED) is 0.834. The summed E-state index contributed by atoms with van der Waals surface area (Å²) in [7, 11) is 4.30. The Morgan fingerprint density at radius 3 is 3.06 bits per heavy atom. The molecule has 1 N–H and O–H groups in total. The van der Waals surface area contributed by atoms with E-state index in [2.05, 4.69) is 48.4 Å². The molecule has 3 heteroatoms. The molecule has 0 fully saturated rings. The maximum Gasteiger partial charge on any atom is 0.0482 e. The summed E-state index contributed by atoms with van der Waals surface area (Å²) in [6, 6.07) is 4.81. The number of nitrogens with zero attached hydrogens (tertiary/aromatic N) is 2. The van der Waals surface area contributed by atoms with E-state index in [9.17, 15) is 0 Å². The van der Waals surface area contributed by atoms with Crippen LogP contribution < -0.4 is 5.32 Å². The van der Waals surface area contributed by atoms with Crippen LogP contribution in [0.4, 0.5) is 0 Å². The molecule has 1 aliphatic rings. The molecule has 0 saturated carbocycles. The topological polar surface area (TPSA) is 28.2 Å². The van der Waals surface area contributed by atoms with Crippen molar-refractivity contribution in [3.05, 3.63) is 29.6 Å². The molecule has 18 heavy (non-hydrogen) atoms. The maximum atomic E-state index is 4.62. The third-order valence-electron chi connectivity index (χ3n) is 3.71. The molecule has 0 spiro atoms. The first-order chi connectivity index (χ1) is 8.72. The molecule has 3 nitrogen and oxygen atoms in total. The number of nitrogens with one attached hydrogen (secondary N) is 1. The van der Waals surface area contributed by atoms with Gasteiger partial charge in [-0.15, -0.1) is 0 Å². The lowest BCUT2D eigenvalue weighted by Crippen LogP contribution is -2.42. The van der Waals surface area contributed by atoms with Gasteiger partial charge >= 0.3 is 0 Å². The lowest BCUT2D eigenvalue weighted by atomic mass is 9.96. The van der Waals surface area contributed by atoms with E-state index in [0.717, 1.165) is 13.1 Å². The average molecular weight is 247 g/mol. The zero-order valence-corrected chi connectivity index (χ0v) is 11.8. The number of pyridine rings is 1. The van der Waals surface area contributed by atoms with Crippen molar-refractivity contribution < 1.29 is 0 Å². The smallest absolute Gasteiger partial charge is 0.0482 e. The Balaban J connectivity index is 2.11. The first-order valence-corrected chi connectivity index (χ1v) is 7.04. The van der Waals surface area contributed by atoms with Gasteiger partial charge < -0.3 is 10.2 Å². The second kappa shape index (κ2) is 6.30. The van der Waals surface area contributed by atoms with Crippen LogP contribution in [-0.4, -0.2) is 43.1 Å². The summed E-state index contributed by atoms with van der Waals surface area (Å²) in [5.74, 6) is 0.579. The van der Waals surface area contributed by atoms with Gasteiger partial charge in [0.25, 0.3) is 0 Å². The number of hydrogen-bond donors (Lipinski definition) is 1. The second-order valence-electron chi connectivity index (χ2n) is 5.52. The molecule has 2 atom stereocenters. The minimum absolute atomic E-state index is 0.524. The van der Waals surface area contributed by atoms with Crippen LogP contribution in [0.25, 0.3) is 0 Å². The van der Waals surface area contributed by atoms with Crippen molar-refractivity contribution in [3.63, 3.8) is 0 Å². The predicted molar refractivity (Wildman–Crippen MR) is 75.9 cm³/mol. The van der Waals surface area contributed by atoms with E-state index in [1.165, 1.54) is 30.5 Å². The van der Waals surface area contributed by atoms with Gasteiger partial charge in [-0.2, -0.15) is 0 Å². The van der Waals surface area contributed by atoms with E-state index in [0.29, 0.717) is 12.0 Å². The van der Waals surface area contributed by atoms with Gasteiger partial charge in [0.15, 0.2) is 0 Å². The summed E-state index contributed by atoms with van der Waals surface area (Å²) in [5.41, 5.74) is 2.78. The highest BCUT2D eigenvalue weighted by Crippen LogP contribution is 2.33. The van der Waals surface area contributed by atoms with Crippen LogP contribution in [0, 0.1) is 0 Å². The summed E-state index contributed by atoms with van der Waals surface area (Å²) in [6.45, 7) is 4.40. The monoisotopic (exact) mass is 247 g/mol. The molecule has 0 radical (unpaired) electrons. The second-order valence-corrected chi connectivity index (χ2v) is 5.52. The molecule has 0 aromatic carbocycles. The molecule has 0 amide bonds. The normalized spacial score (nSPS) is 20.1. The Kier molecular flexibility index (Phi) is 4.72. The van der Waals surface area contributed by atoms with Gasteiger partial charge in [0.2, 0.25) is 0 Å². The summed E-state index contributed by atoms with van der Waals surface area (Å²) < 4.78 is 0. The van der Waals surface area contributed by atoms with Crippen LogP contribution in [0.15, 0.2) is 18.3 Å². The number of rotatable bonds is 6. The van der Waals surface area contributed by atoms with Crippen molar-refractivity contribution in [1.29, 1.82) is 0 Å². The van der Waals surface area contributed by atoms with Crippen LogP contribution in [0.3, 0.4) is 0 Å². The Bertz CT molecular complexity index is 376. The largest absolute Gasteiger partial charge is 0.312 e. The van der Waals surface area contributed by atoms with Crippen LogP contribution >= 0.6 is 0 Å². The molecule has 1 aliphatic carbocycles. The first-order valence-electron chi connectivity index (χ1n) is 7.04. The van der Waals surface area contributed by atoms with E-state index < -0.39 is 0 Å². The van der Waals surface area contributed by atoms with E-state index in [1.54, 1.807) is 0 Å². The maximum absolute atomic E-state index is 4.62. The molecule has 100 valence electrons. The van der Waals surface area contributed by atoms with Gasteiger partial charge in [-0.1, -0.05) is 13.0 Å². The van der Waals surface area contributed by atoms with Crippen molar-refractivity contribution in [2.45, 2.75) is 38.1 Å². The zero-order chi connectivity index (χ0) is 13.0. The van der Waals surface area contributed by atoms with Crippen LogP contribution in [0.5, 0.6) is 0 Å². The van der Waals surface area contributed by atoms with Crippen molar-refractivity contribution in [3.8, 4) is 0 Å². The summed E-state index contributed by atoms with van der Waals surface area (Å²) >= 11 is 0. The minimum Gasteiger partial charge on any atom is -0.312 e. The summed E-state index contributed by atoms with van der Waals surface area (Å²) in [5, 5.41) is 3.70. The Morgan fingerprint density at radius 1 is 1.50 bits per heavy atom. The fourth-order valence-electron chi connectivity index (χ4n) is 2.89. The number of aryl methyl sites for hydroxylation is 1. The minimum atomic E-state index is 0.524. The third-order valence-corrected chi connectivity index (χ3v) is 3.71. The highest BCUT2D eigenvalue weighted by atomic mass is 15.1. The highest BCUT2D eigenvalue weighted by Gasteiger charge is 2.30. The van der Waals surface area contributed by atoms with Crippen molar-refractivity contribution >= 4 is 0 Å². The van der Waals surface area contributed by atoms with Crippen molar-refractivity contribution in [2.24, 2.45) is 0 Å². The molecule has 1 heterocycles. The first kappa shape index (κ1) is 13.5. The molecular weight excluding hydrogens is 222 g/mol.